The predicted molar refractivity (Wildman–Crippen MR) is 96.1 cm³/mol. The molecular formula is C14H29BN4O6S. The first kappa shape index (κ1) is 21.5. The van der Waals surface area contributed by atoms with Crippen molar-refractivity contribution in [2.45, 2.75) is 62.5 Å². The van der Waals surface area contributed by atoms with Crippen LogP contribution in [0.5, 0.6) is 0 Å². The highest BCUT2D eigenvalue weighted by Gasteiger charge is 2.56. The number of carboxylic acid groups (broad SMARTS) is 1. The largest absolute Gasteiger partial charge is 0.480 e. The van der Waals surface area contributed by atoms with Crippen LogP contribution in [0.1, 0.15) is 39.5 Å². The number of carboxylic acids is 1. The molecule has 0 spiro atoms. The smallest absolute Gasteiger partial charge is 0.451 e. The summed E-state index contributed by atoms with van der Waals surface area (Å²) < 4.78 is 29.2. The van der Waals surface area contributed by atoms with Crippen LogP contribution < -0.4 is 16.2 Å². The zero-order valence-corrected chi connectivity index (χ0v) is 16.0. The van der Waals surface area contributed by atoms with E-state index in [1.807, 2.05) is 0 Å². The molecule has 10 nitrogen and oxygen atoms in total. The van der Waals surface area contributed by atoms with E-state index in [-0.39, 0.29) is 25.8 Å². The molecule has 12 heteroatoms. The highest BCUT2D eigenvalue weighted by Crippen LogP contribution is 2.42. The van der Waals surface area contributed by atoms with Crippen molar-refractivity contribution >= 4 is 23.3 Å². The van der Waals surface area contributed by atoms with E-state index in [1.54, 1.807) is 13.8 Å². The Labute approximate surface area is 154 Å². The third-order valence-corrected chi connectivity index (χ3v) is 7.49. The fourth-order valence-corrected chi connectivity index (χ4v) is 5.20. The van der Waals surface area contributed by atoms with E-state index in [9.17, 15) is 18.3 Å². The second-order valence-corrected chi connectivity index (χ2v) is 9.81. The van der Waals surface area contributed by atoms with Gasteiger partial charge in [-0.25, -0.2) is 0 Å². The molecule has 1 aliphatic heterocycles. The van der Waals surface area contributed by atoms with Crippen molar-refractivity contribution in [2.24, 2.45) is 17.4 Å². The van der Waals surface area contributed by atoms with Gasteiger partial charge in [0.1, 0.15) is 5.54 Å². The Morgan fingerprint density at radius 3 is 2.38 bits per heavy atom. The van der Waals surface area contributed by atoms with Gasteiger partial charge in [-0.1, -0.05) is 6.42 Å². The normalized spacial score (nSPS) is 28.9. The lowest BCUT2D eigenvalue weighted by Gasteiger charge is -2.34. The maximum Gasteiger partial charge on any atom is 0.451 e. The average Bonchev–Trinajstić information content (AvgIpc) is 3.13. The number of rotatable bonds is 9. The van der Waals surface area contributed by atoms with E-state index in [0.717, 1.165) is 4.31 Å². The molecule has 0 aromatic heterocycles. The van der Waals surface area contributed by atoms with Crippen molar-refractivity contribution in [3.05, 3.63) is 0 Å². The highest BCUT2D eigenvalue weighted by molar-refractivity contribution is 7.87. The molecule has 2 aliphatic rings. The molecule has 1 aliphatic carbocycles. The molecule has 1 saturated heterocycles. The van der Waals surface area contributed by atoms with Crippen LogP contribution in [-0.4, -0.2) is 70.7 Å². The Hall–Kier alpha value is -0.755. The summed E-state index contributed by atoms with van der Waals surface area (Å²) in [4.78, 5) is 11.7. The molecule has 2 fully saturated rings. The van der Waals surface area contributed by atoms with E-state index < -0.39 is 45.8 Å². The lowest BCUT2D eigenvalue weighted by molar-refractivity contribution is -0.144. The van der Waals surface area contributed by atoms with Gasteiger partial charge >= 0.3 is 13.1 Å². The van der Waals surface area contributed by atoms with Crippen molar-refractivity contribution < 1.29 is 28.4 Å². The molecule has 2 atom stereocenters. The quantitative estimate of drug-likeness (QED) is 0.245. The number of nitrogens with one attached hydrogen (secondary N) is 1. The molecule has 26 heavy (non-hydrogen) atoms. The van der Waals surface area contributed by atoms with Crippen LogP contribution in [0, 0.1) is 5.92 Å². The zero-order valence-electron chi connectivity index (χ0n) is 15.2. The van der Waals surface area contributed by atoms with E-state index in [4.69, 9.17) is 21.5 Å². The van der Waals surface area contributed by atoms with Gasteiger partial charge < -0.3 is 26.6 Å². The van der Waals surface area contributed by atoms with Gasteiger partial charge in [-0.15, -0.1) is 0 Å². The van der Waals surface area contributed by atoms with E-state index in [0.29, 0.717) is 19.3 Å². The maximum absolute atomic E-state index is 12.8. The monoisotopic (exact) mass is 392 g/mol. The molecule has 0 radical (unpaired) electrons. The number of hydrogen-bond acceptors (Lipinski definition) is 7. The van der Waals surface area contributed by atoms with Gasteiger partial charge in [0.2, 0.25) is 0 Å². The number of hydrogen-bond donors (Lipinski definition) is 6. The Balaban J connectivity index is 2.13. The zero-order chi connectivity index (χ0) is 20.0. The second kappa shape index (κ2) is 7.00. The van der Waals surface area contributed by atoms with Crippen LogP contribution in [0.3, 0.4) is 0 Å². The summed E-state index contributed by atoms with van der Waals surface area (Å²) in [5, 5.41) is 27.4. The summed E-state index contributed by atoms with van der Waals surface area (Å²) >= 11 is 0. The van der Waals surface area contributed by atoms with Gasteiger partial charge in [0, 0.05) is 30.1 Å². The lowest BCUT2D eigenvalue weighted by atomic mass is 9.78. The van der Waals surface area contributed by atoms with E-state index >= 15 is 0 Å². The number of carbonyl (C=O) groups is 1. The molecule has 0 bridgehead atoms. The number of nitrogens with two attached hydrogens (primary N) is 2. The van der Waals surface area contributed by atoms with Crippen molar-refractivity contribution in [1.82, 2.24) is 9.03 Å². The molecule has 1 saturated carbocycles. The molecule has 1 heterocycles. The van der Waals surface area contributed by atoms with Gasteiger partial charge in [0.05, 0.1) is 0 Å². The molecule has 0 aromatic carbocycles. The Kier molecular flexibility index (Phi) is 5.80. The summed E-state index contributed by atoms with van der Waals surface area (Å²) in [6.07, 6.45) is 2.10. The first-order valence-corrected chi connectivity index (χ1v) is 10.1. The number of aliphatic carboxylic acids is 1. The Morgan fingerprint density at radius 2 is 1.92 bits per heavy atom. The van der Waals surface area contributed by atoms with E-state index in [1.165, 1.54) is 0 Å². The van der Waals surface area contributed by atoms with Crippen LogP contribution in [0.25, 0.3) is 0 Å². The topological polar surface area (TPSA) is 179 Å². The molecule has 0 amide bonds. The summed E-state index contributed by atoms with van der Waals surface area (Å²) in [5.41, 5.74) is 8.97. The second-order valence-electron chi connectivity index (χ2n) is 8.13. The molecule has 0 aromatic rings. The minimum atomic E-state index is -3.98. The van der Waals surface area contributed by atoms with Gasteiger partial charge in [0.15, 0.2) is 0 Å². The lowest BCUT2D eigenvalue weighted by Crippen LogP contribution is -2.61. The maximum atomic E-state index is 12.8. The molecule has 0 unspecified atom stereocenters. The van der Waals surface area contributed by atoms with Gasteiger partial charge in [0.25, 0.3) is 10.2 Å². The van der Waals surface area contributed by atoms with Crippen LogP contribution in [0.2, 0.25) is 6.32 Å². The third-order valence-electron chi connectivity index (χ3n) is 5.76. The first-order chi connectivity index (χ1) is 11.7. The predicted octanol–water partition coefficient (Wildman–Crippen LogP) is -1.94. The van der Waals surface area contributed by atoms with Gasteiger partial charge in [-0.3, -0.25) is 4.79 Å². The van der Waals surface area contributed by atoms with Crippen LogP contribution in [0.15, 0.2) is 0 Å². The number of nitrogens with zero attached hydrogens (tertiary/aromatic N) is 1. The summed E-state index contributed by atoms with van der Waals surface area (Å²) in [5.74, 6) is -1.91. The molecule has 150 valence electrons. The molecule has 8 N–H and O–H groups in total. The SMILES string of the molecule is CC(C)(NS(=O)(=O)N1C[C@H](CCCB(O)O)[C@](N)(C(=O)O)C1)C1(N)CC1. The molecular weight excluding hydrogens is 363 g/mol. The third kappa shape index (κ3) is 4.21. The minimum absolute atomic E-state index is 0.0483. The highest BCUT2D eigenvalue weighted by atomic mass is 32.2. The van der Waals surface area contributed by atoms with Crippen molar-refractivity contribution in [2.75, 3.05) is 13.1 Å². The summed E-state index contributed by atoms with van der Waals surface area (Å²) in [6.45, 7) is 3.02. The van der Waals surface area contributed by atoms with Crippen molar-refractivity contribution in [3.8, 4) is 0 Å². The van der Waals surface area contributed by atoms with Crippen molar-refractivity contribution in [1.29, 1.82) is 0 Å². The Bertz CT molecular complexity index is 654. The van der Waals surface area contributed by atoms with Gasteiger partial charge in [-0.2, -0.15) is 17.4 Å². The fraction of sp³-hybridized carbons (Fsp3) is 0.929. The minimum Gasteiger partial charge on any atom is -0.480 e. The van der Waals surface area contributed by atoms with Gasteiger partial charge in [-0.05, 0) is 39.4 Å². The van der Waals surface area contributed by atoms with Crippen LogP contribution in [0.4, 0.5) is 0 Å². The van der Waals surface area contributed by atoms with E-state index in [2.05, 4.69) is 4.72 Å². The van der Waals surface area contributed by atoms with Crippen LogP contribution in [-0.2, 0) is 15.0 Å². The Morgan fingerprint density at radius 1 is 1.35 bits per heavy atom. The average molecular weight is 392 g/mol. The fourth-order valence-electron chi connectivity index (χ4n) is 3.46. The van der Waals surface area contributed by atoms with Crippen LogP contribution >= 0.6 is 0 Å². The standard InChI is InChI=1S/C14H29BN4O6S/c1-12(2,13(16)5-6-13)18-26(24,25)19-8-10(4-3-7-15(22)23)14(17,9-19)11(20)21/h10,18,22-23H,3-9,16-17H2,1-2H3,(H,20,21)/t10-,14-/m0/s1. The van der Waals surface area contributed by atoms with Crippen molar-refractivity contribution in [3.63, 3.8) is 0 Å². The first-order valence-electron chi connectivity index (χ1n) is 8.70. The summed E-state index contributed by atoms with van der Waals surface area (Å²) in [6, 6.07) is 0. The molecule has 2 rings (SSSR count). The summed E-state index contributed by atoms with van der Waals surface area (Å²) in [7, 11) is -5.47.